The van der Waals surface area contributed by atoms with Crippen LogP contribution in [0.4, 0.5) is 0 Å². The molecule has 1 spiro atoms. The Morgan fingerprint density at radius 1 is 0.842 bits per heavy atom. The Balaban J connectivity index is 1.62. The van der Waals surface area contributed by atoms with Gasteiger partial charge in [0.05, 0.1) is 0 Å². The van der Waals surface area contributed by atoms with Crippen LogP contribution in [0.2, 0.25) is 0 Å². The fourth-order valence-electron chi connectivity index (χ4n) is 4.76. The lowest BCUT2D eigenvalue weighted by molar-refractivity contribution is -0.0113. The Morgan fingerprint density at radius 2 is 1.42 bits per heavy atom. The molecule has 1 saturated carbocycles. The molecule has 110 valence electrons. The molecule has 2 aliphatic heterocycles. The third kappa shape index (κ3) is 2.57. The van der Waals surface area contributed by atoms with Crippen LogP contribution >= 0.6 is 0 Å². The highest BCUT2D eigenvalue weighted by molar-refractivity contribution is 5.00. The van der Waals surface area contributed by atoms with Gasteiger partial charge < -0.3 is 10.6 Å². The number of piperidine rings is 2. The first-order valence-corrected chi connectivity index (χ1v) is 8.32. The van der Waals surface area contributed by atoms with Gasteiger partial charge in [-0.2, -0.15) is 0 Å². The lowest BCUT2D eigenvalue weighted by atomic mass is 9.74. The van der Waals surface area contributed by atoms with Crippen molar-refractivity contribution in [2.75, 3.05) is 39.8 Å². The van der Waals surface area contributed by atoms with E-state index in [9.17, 15) is 0 Å². The van der Waals surface area contributed by atoms with Gasteiger partial charge in [0.15, 0.2) is 0 Å². The van der Waals surface area contributed by atoms with E-state index >= 15 is 0 Å². The van der Waals surface area contributed by atoms with Gasteiger partial charge >= 0.3 is 0 Å². The molecular weight excluding hydrogens is 234 g/mol. The maximum atomic E-state index is 6.20. The predicted molar refractivity (Wildman–Crippen MR) is 80.2 cm³/mol. The lowest BCUT2D eigenvalue weighted by Gasteiger charge is -2.52. The number of hydrogen-bond acceptors (Lipinski definition) is 3. The average Bonchev–Trinajstić information content (AvgIpc) is 2.90. The number of likely N-dealkylation sites (tertiary alicyclic amines) is 2. The van der Waals surface area contributed by atoms with Gasteiger partial charge in [0.25, 0.3) is 0 Å². The molecule has 3 aliphatic rings. The molecule has 0 atom stereocenters. The molecule has 2 saturated heterocycles. The molecule has 0 amide bonds. The molecular formula is C16H31N3. The Labute approximate surface area is 118 Å². The zero-order chi connectivity index (χ0) is 13.3. The maximum Gasteiger partial charge on any atom is 0.0356 e. The van der Waals surface area contributed by atoms with Crippen molar-refractivity contribution in [3.8, 4) is 0 Å². The average molecular weight is 265 g/mol. The van der Waals surface area contributed by atoms with Gasteiger partial charge in [0, 0.05) is 12.1 Å². The van der Waals surface area contributed by atoms with Crippen LogP contribution in [0.1, 0.15) is 51.4 Å². The van der Waals surface area contributed by atoms with Crippen LogP contribution in [0.5, 0.6) is 0 Å². The normalized spacial score (nSPS) is 31.9. The standard InChI is InChI=1S/C16H31N3/c1-18-10-8-16(14-17,9-11-18)19-12-6-15(7-13-19)4-2-3-5-15/h2-14,17H2,1H3. The van der Waals surface area contributed by atoms with Crippen LogP contribution in [0, 0.1) is 5.41 Å². The van der Waals surface area contributed by atoms with Crippen LogP contribution in [-0.4, -0.2) is 55.1 Å². The second-order valence-electron chi connectivity index (χ2n) is 7.43. The van der Waals surface area contributed by atoms with Gasteiger partial charge in [0.2, 0.25) is 0 Å². The van der Waals surface area contributed by atoms with Crippen molar-refractivity contribution in [3.05, 3.63) is 0 Å². The summed E-state index contributed by atoms with van der Waals surface area (Å²) in [6.07, 6.45) is 11.4. The Hall–Kier alpha value is -0.120. The molecule has 3 heteroatoms. The van der Waals surface area contributed by atoms with Crippen LogP contribution in [-0.2, 0) is 0 Å². The van der Waals surface area contributed by atoms with Gasteiger partial charge in [0.1, 0.15) is 0 Å². The largest absolute Gasteiger partial charge is 0.329 e. The molecule has 0 unspecified atom stereocenters. The van der Waals surface area contributed by atoms with E-state index in [1.165, 1.54) is 77.5 Å². The third-order valence-electron chi connectivity index (χ3n) is 6.46. The Kier molecular flexibility index (Phi) is 3.89. The first kappa shape index (κ1) is 13.8. The highest BCUT2D eigenvalue weighted by atomic mass is 15.2. The SMILES string of the molecule is CN1CCC(CN)(N2CCC3(CCCC3)CC2)CC1. The summed E-state index contributed by atoms with van der Waals surface area (Å²) in [5.74, 6) is 0. The van der Waals surface area contributed by atoms with E-state index in [4.69, 9.17) is 5.73 Å². The van der Waals surface area contributed by atoms with Crippen molar-refractivity contribution < 1.29 is 0 Å². The fourth-order valence-corrected chi connectivity index (χ4v) is 4.76. The molecule has 3 nitrogen and oxygen atoms in total. The maximum absolute atomic E-state index is 6.20. The Morgan fingerprint density at radius 3 is 1.95 bits per heavy atom. The first-order valence-electron chi connectivity index (χ1n) is 8.32. The van der Waals surface area contributed by atoms with Crippen LogP contribution in [0.25, 0.3) is 0 Å². The highest BCUT2D eigenvalue weighted by Gasteiger charge is 2.44. The smallest absolute Gasteiger partial charge is 0.0356 e. The number of nitrogens with zero attached hydrogens (tertiary/aromatic N) is 2. The van der Waals surface area contributed by atoms with E-state index in [1.807, 2.05) is 0 Å². The highest BCUT2D eigenvalue weighted by Crippen LogP contribution is 2.47. The first-order chi connectivity index (χ1) is 9.18. The fraction of sp³-hybridized carbons (Fsp3) is 1.00. The minimum absolute atomic E-state index is 0.326. The molecule has 0 radical (unpaired) electrons. The van der Waals surface area contributed by atoms with Crippen LogP contribution in [0.15, 0.2) is 0 Å². The molecule has 1 aliphatic carbocycles. The molecule has 0 aromatic rings. The number of hydrogen-bond donors (Lipinski definition) is 1. The van der Waals surface area contributed by atoms with E-state index < -0.39 is 0 Å². The third-order valence-corrected chi connectivity index (χ3v) is 6.46. The van der Waals surface area contributed by atoms with Crippen LogP contribution in [0.3, 0.4) is 0 Å². The molecule has 19 heavy (non-hydrogen) atoms. The minimum Gasteiger partial charge on any atom is -0.329 e. The topological polar surface area (TPSA) is 32.5 Å². The van der Waals surface area contributed by atoms with E-state index in [0.717, 1.165) is 12.0 Å². The van der Waals surface area contributed by atoms with E-state index in [-0.39, 0.29) is 0 Å². The summed E-state index contributed by atoms with van der Waals surface area (Å²) < 4.78 is 0. The van der Waals surface area contributed by atoms with Crippen molar-refractivity contribution in [2.45, 2.75) is 56.9 Å². The van der Waals surface area contributed by atoms with Gasteiger partial charge in [-0.1, -0.05) is 12.8 Å². The predicted octanol–water partition coefficient (Wildman–Crippen LogP) is 2.07. The quantitative estimate of drug-likeness (QED) is 0.829. The summed E-state index contributed by atoms with van der Waals surface area (Å²) in [4.78, 5) is 5.22. The van der Waals surface area contributed by atoms with E-state index in [2.05, 4.69) is 16.8 Å². The van der Waals surface area contributed by atoms with Gasteiger partial charge in [-0.15, -0.1) is 0 Å². The molecule has 2 N–H and O–H groups in total. The second kappa shape index (κ2) is 5.34. The van der Waals surface area contributed by atoms with E-state index in [1.54, 1.807) is 0 Å². The summed E-state index contributed by atoms with van der Waals surface area (Å²) >= 11 is 0. The Bertz CT molecular complexity index is 291. The monoisotopic (exact) mass is 265 g/mol. The lowest BCUT2D eigenvalue weighted by Crippen LogP contribution is -2.61. The van der Waals surface area contributed by atoms with Crippen molar-refractivity contribution >= 4 is 0 Å². The molecule has 3 rings (SSSR count). The van der Waals surface area contributed by atoms with Crippen molar-refractivity contribution in [1.82, 2.24) is 9.80 Å². The summed E-state index contributed by atoms with van der Waals surface area (Å²) in [5.41, 5.74) is 7.26. The zero-order valence-electron chi connectivity index (χ0n) is 12.7. The molecule has 0 bridgehead atoms. The number of rotatable bonds is 2. The zero-order valence-corrected chi connectivity index (χ0v) is 12.7. The van der Waals surface area contributed by atoms with E-state index in [0.29, 0.717) is 5.54 Å². The second-order valence-corrected chi connectivity index (χ2v) is 7.43. The van der Waals surface area contributed by atoms with Gasteiger partial charge in [-0.3, -0.25) is 4.90 Å². The summed E-state index contributed by atoms with van der Waals surface area (Å²) in [6, 6.07) is 0. The van der Waals surface area contributed by atoms with Gasteiger partial charge in [-0.25, -0.2) is 0 Å². The summed E-state index contributed by atoms with van der Waals surface area (Å²) in [5, 5.41) is 0. The molecule has 0 aromatic carbocycles. The summed E-state index contributed by atoms with van der Waals surface area (Å²) in [6.45, 7) is 5.91. The molecule has 0 aromatic heterocycles. The van der Waals surface area contributed by atoms with Crippen molar-refractivity contribution in [1.29, 1.82) is 0 Å². The van der Waals surface area contributed by atoms with Crippen molar-refractivity contribution in [2.24, 2.45) is 11.1 Å². The minimum atomic E-state index is 0.326. The van der Waals surface area contributed by atoms with Gasteiger partial charge in [-0.05, 0) is 77.2 Å². The summed E-state index contributed by atoms with van der Waals surface area (Å²) in [7, 11) is 2.24. The molecule has 2 heterocycles. The van der Waals surface area contributed by atoms with Crippen LogP contribution < -0.4 is 5.73 Å². The van der Waals surface area contributed by atoms with Crippen molar-refractivity contribution in [3.63, 3.8) is 0 Å². The number of nitrogens with two attached hydrogens (primary N) is 1. The molecule has 3 fully saturated rings.